The highest BCUT2D eigenvalue weighted by molar-refractivity contribution is 5.77. The maximum Gasteiger partial charge on any atom is 0.246 e. The van der Waals surface area contributed by atoms with Crippen LogP contribution < -0.4 is 10.5 Å². The van der Waals surface area contributed by atoms with Gasteiger partial charge in [0.25, 0.3) is 0 Å². The zero-order valence-electron chi connectivity index (χ0n) is 11.7. The first-order valence-electron chi connectivity index (χ1n) is 6.44. The second-order valence-corrected chi connectivity index (χ2v) is 4.93. The average molecular weight is 297 g/mol. The third-order valence-corrected chi connectivity index (χ3v) is 3.53. The number of nitrogens with zero attached hydrogens (tertiary/aromatic N) is 4. The molecule has 0 unspecified atom stereocenters. The number of aromatic nitrogens is 4. The van der Waals surface area contributed by atoms with Crippen LogP contribution in [0.5, 0.6) is 5.88 Å². The normalized spacial score (nSPS) is 12.0. The van der Waals surface area contributed by atoms with Crippen molar-refractivity contribution in [3.63, 3.8) is 0 Å². The second kappa shape index (κ2) is 6.20. The molecular formula is C12H19N5O4. The Kier molecular flexibility index (Phi) is 4.56. The van der Waals surface area contributed by atoms with Gasteiger partial charge < -0.3 is 30.4 Å². The Labute approximate surface area is 121 Å². The van der Waals surface area contributed by atoms with Crippen LogP contribution in [0, 0.1) is 5.41 Å². The molecule has 0 saturated carbocycles. The average Bonchev–Trinajstić information content (AvgIpc) is 2.91. The molecule has 0 radical (unpaired) electrons. The lowest BCUT2D eigenvalue weighted by Crippen LogP contribution is -2.35. The van der Waals surface area contributed by atoms with Crippen molar-refractivity contribution >= 4 is 17.1 Å². The van der Waals surface area contributed by atoms with Crippen molar-refractivity contribution in [1.29, 1.82) is 0 Å². The predicted molar refractivity (Wildman–Crippen MR) is 74.6 cm³/mol. The standard InChI is InChI=1S/C12H19N5O4/c1-21-10-8-9(15-11(13)16-10)17(7-14-8)3-2-12(4-18,5-19)6-20/h7,18-20H,2-6H2,1H3,(H2,13,15,16). The van der Waals surface area contributed by atoms with E-state index in [0.29, 0.717) is 24.1 Å². The minimum absolute atomic E-state index is 0.0684. The van der Waals surface area contributed by atoms with Gasteiger partial charge in [-0.1, -0.05) is 0 Å². The number of aliphatic hydroxyl groups is 3. The van der Waals surface area contributed by atoms with Gasteiger partial charge in [0, 0.05) is 12.0 Å². The molecular weight excluding hydrogens is 278 g/mol. The number of fused-ring (bicyclic) bond motifs is 1. The van der Waals surface area contributed by atoms with Crippen LogP contribution >= 0.6 is 0 Å². The lowest BCUT2D eigenvalue weighted by Gasteiger charge is -2.27. The van der Waals surface area contributed by atoms with Gasteiger partial charge in [-0.25, -0.2) is 4.98 Å². The van der Waals surface area contributed by atoms with E-state index < -0.39 is 5.41 Å². The molecule has 0 spiro atoms. The number of rotatable bonds is 7. The SMILES string of the molecule is COc1nc(N)nc2c1ncn2CCC(CO)(CO)CO. The smallest absolute Gasteiger partial charge is 0.246 e. The number of nitrogens with two attached hydrogens (primary N) is 1. The highest BCUT2D eigenvalue weighted by atomic mass is 16.5. The topological polar surface area (TPSA) is 140 Å². The molecule has 116 valence electrons. The van der Waals surface area contributed by atoms with Gasteiger partial charge in [0.05, 0.1) is 33.3 Å². The predicted octanol–water partition coefficient (Wildman–Crippen LogP) is -1.23. The molecule has 5 N–H and O–H groups in total. The maximum atomic E-state index is 9.33. The Hall–Kier alpha value is -1.97. The van der Waals surface area contributed by atoms with E-state index in [-0.39, 0.29) is 31.6 Å². The summed E-state index contributed by atoms with van der Waals surface area (Å²) >= 11 is 0. The lowest BCUT2D eigenvalue weighted by atomic mass is 9.87. The molecule has 0 aliphatic heterocycles. The molecule has 0 amide bonds. The molecule has 0 saturated heterocycles. The third-order valence-electron chi connectivity index (χ3n) is 3.53. The summed E-state index contributed by atoms with van der Waals surface area (Å²) < 4.78 is 6.82. The highest BCUT2D eigenvalue weighted by Crippen LogP contribution is 2.25. The molecule has 9 heteroatoms. The molecule has 21 heavy (non-hydrogen) atoms. The Morgan fingerprint density at radius 2 is 1.90 bits per heavy atom. The molecule has 0 aliphatic carbocycles. The van der Waals surface area contributed by atoms with E-state index >= 15 is 0 Å². The summed E-state index contributed by atoms with van der Waals surface area (Å²) in [5.74, 6) is 0.354. The summed E-state index contributed by atoms with van der Waals surface area (Å²) in [5.41, 5.74) is 5.66. The summed E-state index contributed by atoms with van der Waals surface area (Å²) in [6.07, 6.45) is 1.91. The van der Waals surface area contributed by atoms with Gasteiger partial charge in [-0.2, -0.15) is 9.97 Å². The summed E-state index contributed by atoms with van der Waals surface area (Å²) in [4.78, 5) is 12.2. The summed E-state index contributed by atoms with van der Waals surface area (Å²) in [7, 11) is 1.47. The number of nitrogen functional groups attached to an aromatic ring is 1. The fourth-order valence-electron chi connectivity index (χ4n) is 1.99. The Balaban J connectivity index is 2.29. The Morgan fingerprint density at radius 1 is 1.24 bits per heavy atom. The van der Waals surface area contributed by atoms with E-state index in [1.165, 1.54) is 7.11 Å². The van der Waals surface area contributed by atoms with Gasteiger partial charge in [0.1, 0.15) is 0 Å². The Morgan fingerprint density at radius 3 is 2.48 bits per heavy atom. The van der Waals surface area contributed by atoms with Crippen molar-refractivity contribution in [2.45, 2.75) is 13.0 Å². The lowest BCUT2D eigenvalue weighted by molar-refractivity contribution is -0.00327. The highest BCUT2D eigenvalue weighted by Gasteiger charge is 2.28. The molecule has 2 rings (SSSR count). The number of hydrogen-bond donors (Lipinski definition) is 4. The van der Waals surface area contributed by atoms with Crippen LogP contribution in [-0.2, 0) is 6.54 Å². The van der Waals surface area contributed by atoms with Crippen LogP contribution in [0.15, 0.2) is 6.33 Å². The number of anilines is 1. The van der Waals surface area contributed by atoms with E-state index in [9.17, 15) is 15.3 Å². The van der Waals surface area contributed by atoms with Crippen LogP contribution in [0.3, 0.4) is 0 Å². The van der Waals surface area contributed by atoms with Crippen LogP contribution in [0.1, 0.15) is 6.42 Å². The number of ether oxygens (including phenoxy) is 1. The molecule has 9 nitrogen and oxygen atoms in total. The summed E-state index contributed by atoms with van der Waals surface area (Å²) in [6.45, 7) is -0.537. The zero-order chi connectivity index (χ0) is 15.5. The molecule has 0 aromatic carbocycles. The number of imidazole rings is 1. The molecule has 0 atom stereocenters. The van der Waals surface area contributed by atoms with E-state index in [4.69, 9.17) is 10.5 Å². The van der Waals surface area contributed by atoms with E-state index in [0.717, 1.165) is 0 Å². The first-order chi connectivity index (χ1) is 10.1. The third kappa shape index (κ3) is 2.89. The van der Waals surface area contributed by atoms with E-state index in [2.05, 4.69) is 15.0 Å². The molecule has 2 heterocycles. The fourth-order valence-corrected chi connectivity index (χ4v) is 1.99. The van der Waals surface area contributed by atoms with Crippen LogP contribution in [-0.4, -0.2) is 61.8 Å². The number of hydrogen-bond acceptors (Lipinski definition) is 8. The quantitative estimate of drug-likeness (QED) is 0.498. The van der Waals surface area contributed by atoms with Crippen molar-refractivity contribution < 1.29 is 20.1 Å². The maximum absolute atomic E-state index is 9.33. The van der Waals surface area contributed by atoms with Gasteiger partial charge in [0.2, 0.25) is 11.8 Å². The molecule has 0 bridgehead atoms. The van der Waals surface area contributed by atoms with Crippen LogP contribution in [0.4, 0.5) is 5.95 Å². The monoisotopic (exact) mass is 297 g/mol. The van der Waals surface area contributed by atoms with Crippen molar-refractivity contribution in [2.24, 2.45) is 5.41 Å². The number of methoxy groups -OCH3 is 1. The van der Waals surface area contributed by atoms with E-state index in [1.54, 1.807) is 10.9 Å². The van der Waals surface area contributed by atoms with Crippen molar-refractivity contribution in [3.8, 4) is 5.88 Å². The number of aryl methyl sites for hydroxylation is 1. The first-order valence-corrected chi connectivity index (χ1v) is 6.44. The molecule has 0 fully saturated rings. The van der Waals surface area contributed by atoms with Gasteiger partial charge in [-0.15, -0.1) is 0 Å². The second-order valence-electron chi connectivity index (χ2n) is 4.93. The van der Waals surface area contributed by atoms with Crippen LogP contribution in [0.2, 0.25) is 0 Å². The van der Waals surface area contributed by atoms with E-state index in [1.807, 2.05) is 0 Å². The minimum Gasteiger partial charge on any atom is -0.479 e. The Bertz CT molecular complexity index is 603. The summed E-state index contributed by atoms with van der Waals surface area (Å²) in [6, 6.07) is 0. The van der Waals surface area contributed by atoms with Crippen molar-refractivity contribution in [2.75, 3.05) is 32.7 Å². The molecule has 0 aliphatic rings. The zero-order valence-corrected chi connectivity index (χ0v) is 11.7. The van der Waals surface area contributed by atoms with Gasteiger partial charge in [-0.3, -0.25) is 0 Å². The first kappa shape index (κ1) is 15.4. The van der Waals surface area contributed by atoms with Gasteiger partial charge >= 0.3 is 0 Å². The largest absolute Gasteiger partial charge is 0.479 e. The summed E-state index contributed by atoms with van der Waals surface area (Å²) in [5, 5.41) is 28.0. The molecule has 2 aromatic heterocycles. The minimum atomic E-state index is -0.945. The van der Waals surface area contributed by atoms with Gasteiger partial charge in [-0.05, 0) is 6.42 Å². The molecule has 2 aromatic rings. The van der Waals surface area contributed by atoms with Crippen molar-refractivity contribution in [1.82, 2.24) is 19.5 Å². The van der Waals surface area contributed by atoms with Crippen LogP contribution in [0.25, 0.3) is 11.2 Å². The number of aliphatic hydroxyl groups excluding tert-OH is 3. The van der Waals surface area contributed by atoms with Gasteiger partial charge in [0.15, 0.2) is 11.2 Å². The van der Waals surface area contributed by atoms with Crippen molar-refractivity contribution in [3.05, 3.63) is 6.33 Å². The fraction of sp³-hybridized carbons (Fsp3) is 0.583.